The molecule has 0 aliphatic carbocycles. The number of halogens is 2. The third-order valence-electron chi connectivity index (χ3n) is 5.92. The number of ether oxygens (including phenoxy) is 4. The van der Waals surface area contributed by atoms with Gasteiger partial charge in [0.1, 0.15) is 11.5 Å². The Morgan fingerprint density at radius 1 is 0.909 bits per heavy atom. The Labute approximate surface area is 202 Å². The highest BCUT2D eigenvalue weighted by atomic mass is 35.5. The first-order valence-corrected chi connectivity index (χ1v) is 11.2. The third kappa shape index (κ3) is 3.83. The van der Waals surface area contributed by atoms with E-state index >= 15 is 0 Å². The molecule has 8 heteroatoms. The zero-order chi connectivity index (χ0) is 23.1. The lowest BCUT2D eigenvalue weighted by atomic mass is 9.95. The zero-order valence-corrected chi connectivity index (χ0v) is 19.9. The number of hydrogen-bond donors (Lipinski definition) is 0. The minimum atomic E-state index is -0.503. The number of nitrogens with zero attached hydrogens (tertiary/aromatic N) is 2. The molecule has 0 fully saturated rings. The highest BCUT2D eigenvalue weighted by Crippen LogP contribution is 2.51. The van der Waals surface area contributed by atoms with E-state index in [4.69, 9.17) is 47.3 Å². The van der Waals surface area contributed by atoms with Crippen molar-refractivity contribution >= 4 is 28.9 Å². The van der Waals surface area contributed by atoms with Gasteiger partial charge in [-0.3, -0.25) is 0 Å². The molecular weight excluding hydrogens is 463 g/mol. The van der Waals surface area contributed by atoms with Crippen molar-refractivity contribution in [2.45, 2.75) is 18.7 Å². The van der Waals surface area contributed by atoms with Crippen LogP contribution in [-0.4, -0.2) is 32.0 Å². The van der Waals surface area contributed by atoms with Gasteiger partial charge in [0.25, 0.3) is 0 Å². The molecule has 0 saturated heterocycles. The summed E-state index contributed by atoms with van der Waals surface area (Å²) in [4.78, 5) is 0. The molecule has 0 spiro atoms. The molecular formula is C25H22Cl2N2O4. The highest BCUT2D eigenvalue weighted by molar-refractivity contribution is 6.35. The number of methoxy groups -OCH3 is 3. The third-order valence-corrected chi connectivity index (χ3v) is 6.42. The molecule has 2 heterocycles. The van der Waals surface area contributed by atoms with Crippen LogP contribution < -0.4 is 18.9 Å². The summed E-state index contributed by atoms with van der Waals surface area (Å²) in [7, 11) is 4.87. The molecule has 0 aromatic heterocycles. The van der Waals surface area contributed by atoms with Crippen molar-refractivity contribution in [1.82, 2.24) is 5.01 Å². The molecule has 2 atom stereocenters. The van der Waals surface area contributed by atoms with Gasteiger partial charge < -0.3 is 18.9 Å². The van der Waals surface area contributed by atoms with Gasteiger partial charge in [-0.1, -0.05) is 23.2 Å². The number of fused-ring (bicyclic) bond motifs is 3. The summed E-state index contributed by atoms with van der Waals surface area (Å²) in [6.45, 7) is 0. The van der Waals surface area contributed by atoms with Crippen molar-refractivity contribution in [3.8, 4) is 23.0 Å². The first-order chi connectivity index (χ1) is 16.0. The van der Waals surface area contributed by atoms with Crippen molar-refractivity contribution in [3.63, 3.8) is 0 Å². The molecule has 0 N–H and O–H groups in total. The predicted molar refractivity (Wildman–Crippen MR) is 128 cm³/mol. The van der Waals surface area contributed by atoms with Gasteiger partial charge in [-0.2, -0.15) is 5.10 Å². The van der Waals surface area contributed by atoms with Gasteiger partial charge in [0, 0.05) is 22.6 Å². The van der Waals surface area contributed by atoms with Gasteiger partial charge in [0.15, 0.2) is 11.5 Å². The van der Waals surface area contributed by atoms with Gasteiger partial charge in [0.2, 0.25) is 6.23 Å². The molecule has 6 nitrogen and oxygen atoms in total. The van der Waals surface area contributed by atoms with Crippen LogP contribution >= 0.6 is 23.2 Å². The summed E-state index contributed by atoms with van der Waals surface area (Å²) in [5.74, 6) is 2.67. The molecule has 5 rings (SSSR count). The summed E-state index contributed by atoms with van der Waals surface area (Å²) < 4.78 is 22.6. The van der Waals surface area contributed by atoms with E-state index in [-0.39, 0.29) is 6.04 Å². The Morgan fingerprint density at radius 3 is 2.36 bits per heavy atom. The molecule has 3 aromatic carbocycles. The number of benzene rings is 3. The van der Waals surface area contributed by atoms with Crippen LogP contribution in [0.3, 0.4) is 0 Å². The fourth-order valence-electron chi connectivity index (χ4n) is 4.30. The summed E-state index contributed by atoms with van der Waals surface area (Å²) in [6, 6.07) is 17.1. The maximum absolute atomic E-state index is 6.56. The smallest absolute Gasteiger partial charge is 0.214 e. The van der Waals surface area contributed by atoms with Gasteiger partial charge in [-0.25, -0.2) is 5.01 Å². The lowest BCUT2D eigenvalue weighted by Gasteiger charge is -2.38. The minimum absolute atomic E-state index is 0.0832. The lowest BCUT2D eigenvalue weighted by molar-refractivity contribution is -0.0190. The van der Waals surface area contributed by atoms with Crippen LogP contribution in [0.2, 0.25) is 10.0 Å². The normalized spacial score (nSPS) is 18.7. The van der Waals surface area contributed by atoms with Crippen LogP contribution in [0.5, 0.6) is 23.0 Å². The maximum atomic E-state index is 6.56. The average Bonchev–Trinajstić information content (AvgIpc) is 3.29. The minimum Gasteiger partial charge on any atom is -0.497 e. The van der Waals surface area contributed by atoms with Crippen molar-refractivity contribution in [2.24, 2.45) is 5.10 Å². The van der Waals surface area contributed by atoms with E-state index < -0.39 is 6.23 Å². The van der Waals surface area contributed by atoms with Gasteiger partial charge in [0.05, 0.1) is 38.1 Å². The summed E-state index contributed by atoms with van der Waals surface area (Å²) >= 11 is 12.9. The van der Waals surface area contributed by atoms with E-state index in [1.54, 1.807) is 27.4 Å². The second kappa shape index (κ2) is 8.69. The summed E-state index contributed by atoms with van der Waals surface area (Å²) in [5, 5.41) is 7.98. The van der Waals surface area contributed by atoms with Crippen LogP contribution in [0.25, 0.3) is 0 Å². The second-order valence-electron chi connectivity index (χ2n) is 7.77. The largest absolute Gasteiger partial charge is 0.497 e. The van der Waals surface area contributed by atoms with Crippen LogP contribution in [0.15, 0.2) is 59.7 Å². The molecule has 2 aliphatic rings. The second-order valence-corrected chi connectivity index (χ2v) is 8.61. The lowest BCUT2D eigenvalue weighted by Crippen LogP contribution is -2.33. The van der Waals surface area contributed by atoms with Crippen LogP contribution in [0, 0.1) is 0 Å². The predicted octanol–water partition coefficient (Wildman–Crippen LogP) is 6.26. The Balaban J connectivity index is 1.60. The highest BCUT2D eigenvalue weighted by Gasteiger charge is 2.42. The Morgan fingerprint density at radius 2 is 1.67 bits per heavy atom. The van der Waals surface area contributed by atoms with E-state index in [1.165, 1.54) is 0 Å². The monoisotopic (exact) mass is 484 g/mol. The van der Waals surface area contributed by atoms with E-state index in [9.17, 15) is 0 Å². The first-order valence-electron chi connectivity index (χ1n) is 10.4. The van der Waals surface area contributed by atoms with Gasteiger partial charge in [-0.05, 0) is 60.2 Å². The van der Waals surface area contributed by atoms with Crippen molar-refractivity contribution < 1.29 is 18.9 Å². The fraction of sp³-hybridized carbons (Fsp3) is 0.240. The van der Waals surface area contributed by atoms with Crippen LogP contribution in [0.1, 0.15) is 35.4 Å². The molecule has 0 amide bonds. The van der Waals surface area contributed by atoms with E-state index in [1.807, 2.05) is 53.5 Å². The maximum Gasteiger partial charge on any atom is 0.214 e. The molecule has 33 heavy (non-hydrogen) atoms. The molecule has 0 saturated carbocycles. The fourth-order valence-corrected chi connectivity index (χ4v) is 4.85. The van der Waals surface area contributed by atoms with E-state index in [0.29, 0.717) is 33.7 Å². The molecule has 2 aliphatic heterocycles. The standard InChI is InChI=1S/C25H22Cl2N2O4/c1-30-17-7-4-14(5-8-17)20-13-21-18-11-16(26)12-19(27)24(18)33-25(29(21)28-20)15-6-9-22(31-2)23(10-15)32-3/h4-12,21,25H,13H2,1-3H3/t21-,25+/m1/s1. The number of rotatable bonds is 5. The molecule has 0 radical (unpaired) electrons. The quantitative estimate of drug-likeness (QED) is 0.427. The SMILES string of the molecule is COc1ccc(C2=NN3[C@H](C2)c2cc(Cl)cc(Cl)c2O[C@H]3c2ccc(OC)c(OC)c2)cc1. The molecule has 3 aromatic rings. The summed E-state index contributed by atoms with van der Waals surface area (Å²) in [5.41, 5.74) is 3.75. The topological polar surface area (TPSA) is 52.5 Å². The number of hydrogen-bond acceptors (Lipinski definition) is 6. The van der Waals surface area contributed by atoms with E-state index in [2.05, 4.69) is 0 Å². The number of hydrazone groups is 1. The van der Waals surface area contributed by atoms with Crippen molar-refractivity contribution in [2.75, 3.05) is 21.3 Å². The van der Waals surface area contributed by atoms with Crippen molar-refractivity contribution in [1.29, 1.82) is 0 Å². The zero-order valence-electron chi connectivity index (χ0n) is 18.3. The molecule has 0 bridgehead atoms. The van der Waals surface area contributed by atoms with Gasteiger partial charge >= 0.3 is 0 Å². The van der Waals surface area contributed by atoms with Gasteiger partial charge in [-0.15, -0.1) is 0 Å². The van der Waals surface area contributed by atoms with E-state index in [0.717, 1.165) is 28.2 Å². The van der Waals surface area contributed by atoms with Crippen LogP contribution in [0.4, 0.5) is 0 Å². The average molecular weight is 485 g/mol. The van der Waals surface area contributed by atoms with Crippen molar-refractivity contribution in [3.05, 3.63) is 81.3 Å². The Bertz CT molecular complexity index is 1230. The first kappa shape index (κ1) is 21.7. The molecule has 170 valence electrons. The summed E-state index contributed by atoms with van der Waals surface area (Å²) in [6.07, 6.45) is 0.181. The molecule has 0 unspecified atom stereocenters. The Hall–Kier alpha value is -3.09. The Kier molecular flexibility index (Phi) is 5.72. The van der Waals surface area contributed by atoms with Crippen LogP contribution in [-0.2, 0) is 0 Å².